The Morgan fingerprint density at radius 2 is 2.04 bits per heavy atom. The standard InChI is InChI=1S/C19H27NO4/c1-15-7-2-3-9-17(15)24-14-6-10-18(21)20-13-5-4-8-16(20)11-12-19(22)23/h2-3,7,9,16H,4-6,8,10-14H2,1H3,(H,22,23). The van der Waals surface area contributed by atoms with Crippen LogP contribution < -0.4 is 4.74 Å². The Kier molecular flexibility index (Phi) is 7.09. The predicted octanol–water partition coefficient (Wildman–Crippen LogP) is 3.40. The third kappa shape index (κ3) is 5.55. The van der Waals surface area contributed by atoms with E-state index in [1.54, 1.807) is 0 Å². The minimum atomic E-state index is -0.792. The van der Waals surface area contributed by atoms with Crippen LogP contribution in [0.4, 0.5) is 0 Å². The van der Waals surface area contributed by atoms with Crippen LogP contribution in [0.25, 0.3) is 0 Å². The number of hydrogen-bond donors (Lipinski definition) is 1. The molecule has 0 bridgehead atoms. The van der Waals surface area contributed by atoms with E-state index in [2.05, 4.69) is 0 Å². The molecule has 1 aliphatic heterocycles. The Balaban J connectivity index is 1.75. The number of benzene rings is 1. The van der Waals surface area contributed by atoms with Crippen molar-refractivity contribution in [3.8, 4) is 5.75 Å². The molecular weight excluding hydrogens is 306 g/mol. The third-order valence-corrected chi connectivity index (χ3v) is 4.53. The first-order valence-corrected chi connectivity index (χ1v) is 8.77. The Morgan fingerprint density at radius 3 is 2.79 bits per heavy atom. The van der Waals surface area contributed by atoms with Gasteiger partial charge >= 0.3 is 5.97 Å². The molecule has 1 unspecified atom stereocenters. The molecule has 1 fully saturated rings. The molecule has 0 aromatic heterocycles. The highest BCUT2D eigenvalue weighted by molar-refractivity contribution is 5.76. The largest absolute Gasteiger partial charge is 0.493 e. The van der Waals surface area contributed by atoms with Crippen LogP contribution in [-0.4, -0.2) is 41.1 Å². The van der Waals surface area contributed by atoms with Crippen LogP contribution in [0.3, 0.4) is 0 Å². The number of ether oxygens (including phenoxy) is 1. The van der Waals surface area contributed by atoms with Crippen molar-refractivity contribution in [2.75, 3.05) is 13.2 Å². The highest BCUT2D eigenvalue weighted by Crippen LogP contribution is 2.22. The first-order chi connectivity index (χ1) is 11.6. The predicted molar refractivity (Wildman–Crippen MR) is 92.1 cm³/mol. The SMILES string of the molecule is Cc1ccccc1OCCCC(=O)N1CCCCC1CCC(=O)O. The molecule has 0 saturated carbocycles. The number of aryl methyl sites for hydroxylation is 1. The van der Waals surface area contributed by atoms with Gasteiger partial charge in [-0.2, -0.15) is 0 Å². The molecule has 1 aliphatic rings. The zero-order chi connectivity index (χ0) is 17.4. The first-order valence-electron chi connectivity index (χ1n) is 8.77. The zero-order valence-corrected chi connectivity index (χ0v) is 14.4. The van der Waals surface area contributed by atoms with Crippen molar-refractivity contribution in [1.82, 2.24) is 4.90 Å². The summed E-state index contributed by atoms with van der Waals surface area (Å²) in [7, 11) is 0. The van der Waals surface area contributed by atoms with E-state index in [9.17, 15) is 9.59 Å². The van der Waals surface area contributed by atoms with Gasteiger partial charge in [-0.3, -0.25) is 9.59 Å². The molecule has 1 heterocycles. The molecule has 132 valence electrons. The Bertz CT molecular complexity index is 558. The zero-order valence-electron chi connectivity index (χ0n) is 14.4. The molecule has 2 rings (SSSR count). The van der Waals surface area contributed by atoms with Crippen LogP contribution in [0.5, 0.6) is 5.75 Å². The second kappa shape index (κ2) is 9.30. The Labute approximate surface area is 143 Å². The number of rotatable bonds is 8. The first kappa shape index (κ1) is 18.3. The number of carbonyl (C=O) groups excluding carboxylic acids is 1. The molecule has 1 N–H and O–H groups in total. The summed E-state index contributed by atoms with van der Waals surface area (Å²) in [4.78, 5) is 25.1. The summed E-state index contributed by atoms with van der Waals surface area (Å²) in [6.45, 7) is 3.27. The van der Waals surface area contributed by atoms with Crippen molar-refractivity contribution in [3.05, 3.63) is 29.8 Å². The van der Waals surface area contributed by atoms with Gasteiger partial charge in [-0.15, -0.1) is 0 Å². The van der Waals surface area contributed by atoms with E-state index in [4.69, 9.17) is 9.84 Å². The van der Waals surface area contributed by atoms with Crippen molar-refractivity contribution >= 4 is 11.9 Å². The summed E-state index contributed by atoms with van der Waals surface area (Å²) in [5, 5.41) is 8.85. The van der Waals surface area contributed by atoms with E-state index < -0.39 is 5.97 Å². The number of carboxylic acid groups (broad SMARTS) is 1. The van der Waals surface area contributed by atoms with Gasteiger partial charge in [0, 0.05) is 25.4 Å². The summed E-state index contributed by atoms with van der Waals surface area (Å²) >= 11 is 0. The van der Waals surface area contributed by atoms with Gasteiger partial charge in [-0.1, -0.05) is 18.2 Å². The number of amides is 1. The van der Waals surface area contributed by atoms with E-state index in [1.807, 2.05) is 36.1 Å². The van der Waals surface area contributed by atoms with Gasteiger partial charge in [0.1, 0.15) is 5.75 Å². The number of aliphatic carboxylic acids is 1. The van der Waals surface area contributed by atoms with Gasteiger partial charge in [0.2, 0.25) is 5.91 Å². The van der Waals surface area contributed by atoms with Gasteiger partial charge in [-0.05, 0) is 50.7 Å². The maximum atomic E-state index is 12.5. The maximum Gasteiger partial charge on any atom is 0.303 e. The molecule has 1 amide bonds. The average molecular weight is 333 g/mol. The molecule has 0 aliphatic carbocycles. The van der Waals surface area contributed by atoms with Gasteiger partial charge in [0.05, 0.1) is 6.61 Å². The summed E-state index contributed by atoms with van der Waals surface area (Å²) < 4.78 is 5.73. The number of nitrogens with zero attached hydrogens (tertiary/aromatic N) is 1. The Morgan fingerprint density at radius 1 is 1.25 bits per heavy atom. The smallest absolute Gasteiger partial charge is 0.303 e. The second-order valence-corrected chi connectivity index (χ2v) is 6.39. The van der Waals surface area contributed by atoms with Crippen LogP contribution in [0, 0.1) is 6.92 Å². The van der Waals surface area contributed by atoms with Crippen LogP contribution in [-0.2, 0) is 9.59 Å². The molecule has 5 nitrogen and oxygen atoms in total. The number of carboxylic acids is 1. The van der Waals surface area contributed by atoms with Gasteiger partial charge in [0.25, 0.3) is 0 Å². The Hall–Kier alpha value is -2.04. The summed E-state index contributed by atoms with van der Waals surface area (Å²) in [5.41, 5.74) is 1.09. The highest BCUT2D eigenvalue weighted by atomic mass is 16.5. The van der Waals surface area contributed by atoms with E-state index in [0.717, 1.165) is 37.1 Å². The van der Waals surface area contributed by atoms with E-state index in [-0.39, 0.29) is 18.4 Å². The molecular formula is C19H27NO4. The lowest BCUT2D eigenvalue weighted by atomic mass is 9.97. The van der Waals surface area contributed by atoms with E-state index in [1.165, 1.54) is 0 Å². The molecule has 1 saturated heterocycles. The normalized spacial score (nSPS) is 17.5. The second-order valence-electron chi connectivity index (χ2n) is 6.39. The van der Waals surface area contributed by atoms with Crippen LogP contribution in [0.2, 0.25) is 0 Å². The number of carbonyl (C=O) groups is 2. The minimum Gasteiger partial charge on any atom is -0.493 e. The average Bonchev–Trinajstić information content (AvgIpc) is 2.58. The highest BCUT2D eigenvalue weighted by Gasteiger charge is 2.26. The van der Waals surface area contributed by atoms with E-state index in [0.29, 0.717) is 25.9 Å². The number of likely N-dealkylation sites (tertiary alicyclic amines) is 1. The van der Waals surface area contributed by atoms with Gasteiger partial charge in [-0.25, -0.2) is 0 Å². The molecule has 1 aromatic carbocycles. The molecule has 0 radical (unpaired) electrons. The quantitative estimate of drug-likeness (QED) is 0.741. The fourth-order valence-electron chi connectivity index (χ4n) is 3.19. The topological polar surface area (TPSA) is 66.8 Å². The molecule has 0 spiro atoms. The summed E-state index contributed by atoms with van der Waals surface area (Å²) in [5.74, 6) is 0.195. The molecule has 1 aromatic rings. The summed E-state index contributed by atoms with van der Waals surface area (Å²) in [6.07, 6.45) is 4.81. The van der Waals surface area contributed by atoms with Gasteiger partial charge < -0.3 is 14.7 Å². The van der Waals surface area contributed by atoms with Crippen LogP contribution >= 0.6 is 0 Å². The van der Waals surface area contributed by atoms with Crippen LogP contribution in [0.1, 0.15) is 50.5 Å². The molecule has 24 heavy (non-hydrogen) atoms. The maximum absolute atomic E-state index is 12.5. The minimum absolute atomic E-state index is 0.0830. The number of para-hydroxylation sites is 1. The fourth-order valence-corrected chi connectivity index (χ4v) is 3.19. The number of piperidine rings is 1. The summed E-state index contributed by atoms with van der Waals surface area (Å²) in [6, 6.07) is 7.93. The number of hydrogen-bond acceptors (Lipinski definition) is 3. The van der Waals surface area contributed by atoms with E-state index >= 15 is 0 Å². The van der Waals surface area contributed by atoms with Crippen molar-refractivity contribution in [2.24, 2.45) is 0 Å². The van der Waals surface area contributed by atoms with Crippen molar-refractivity contribution < 1.29 is 19.4 Å². The lowest BCUT2D eigenvalue weighted by Crippen LogP contribution is -2.44. The lowest BCUT2D eigenvalue weighted by molar-refractivity contribution is -0.140. The molecule has 5 heteroatoms. The molecule has 1 atom stereocenters. The monoisotopic (exact) mass is 333 g/mol. The van der Waals surface area contributed by atoms with Crippen LogP contribution in [0.15, 0.2) is 24.3 Å². The lowest BCUT2D eigenvalue weighted by Gasteiger charge is -2.35. The van der Waals surface area contributed by atoms with Gasteiger partial charge in [0.15, 0.2) is 0 Å². The van der Waals surface area contributed by atoms with Crippen molar-refractivity contribution in [1.29, 1.82) is 0 Å². The van der Waals surface area contributed by atoms with Crippen molar-refractivity contribution in [2.45, 2.75) is 57.9 Å². The van der Waals surface area contributed by atoms with Crippen molar-refractivity contribution in [3.63, 3.8) is 0 Å². The third-order valence-electron chi connectivity index (χ3n) is 4.53. The fraction of sp³-hybridized carbons (Fsp3) is 0.579.